The van der Waals surface area contributed by atoms with E-state index in [4.69, 9.17) is 4.98 Å². The van der Waals surface area contributed by atoms with E-state index in [1.165, 1.54) is 0 Å². The van der Waals surface area contributed by atoms with Gasteiger partial charge in [0.25, 0.3) is 0 Å². The second-order valence-electron chi connectivity index (χ2n) is 8.39. The first-order valence-corrected chi connectivity index (χ1v) is 10.2. The summed E-state index contributed by atoms with van der Waals surface area (Å²) < 4.78 is 0. The monoisotopic (exact) mass is 384 g/mol. The van der Waals surface area contributed by atoms with Crippen molar-refractivity contribution in [2.45, 2.75) is 51.5 Å². The lowest BCUT2D eigenvalue weighted by Gasteiger charge is -2.29. The van der Waals surface area contributed by atoms with E-state index >= 15 is 0 Å². The number of rotatable bonds is 8. The number of likely N-dealkylation sites (tertiary alicyclic amines) is 1. The van der Waals surface area contributed by atoms with E-state index in [2.05, 4.69) is 11.9 Å². The van der Waals surface area contributed by atoms with E-state index in [1.54, 1.807) is 0 Å². The van der Waals surface area contributed by atoms with Gasteiger partial charge in [0.05, 0.1) is 29.5 Å². The smallest absolute Gasteiger partial charge is 0.233 e. The molecule has 2 atom stereocenters. The van der Waals surface area contributed by atoms with Crippen LogP contribution in [0.2, 0.25) is 0 Å². The van der Waals surface area contributed by atoms with Gasteiger partial charge in [-0.1, -0.05) is 31.9 Å². The molecule has 7 nitrogen and oxygen atoms in total. The Morgan fingerprint density at radius 2 is 2.25 bits per heavy atom. The van der Waals surface area contributed by atoms with Crippen LogP contribution in [0.1, 0.15) is 57.3 Å². The minimum Gasteiger partial charge on any atom is -0.340 e. The number of amides is 2. The summed E-state index contributed by atoms with van der Waals surface area (Å²) in [4.78, 5) is 34.4. The molecular weight excluding hydrogens is 356 g/mol. The first kappa shape index (κ1) is 18.9. The highest BCUT2D eigenvalue weighted by molar-refractivity contribution is 5.81. The number of aromatic amines is 1. The first-order valence-electron chi connectivity index (χ1n) is 10.2. The Kier molecular flexibility index (Phi) is 5.10. The Morgan fingerprint density at radius 1 is 1.46 bits per heavy atom. The van der Waals surface area contributed by atoms with E-state index < -0.39 is 5.92 Å². The number of hydroxylamine groups is 2. The van der Waals surface area contributed by atoms with Gasteiger partial charge in [-0.15, -0.1) is 0 Å². The molecular formula is C21H28N4O3. The van der Waals surface area contributed by atoms with Crippen LogP contribution in [0.3, 0.4) is 0 Å². The van der Waals surface area contributed by atoms with Crippen molar-refractivity contribution >= 4 is 23.4 Å². The second-order valence-corrected chi connectivity index (χ2v) is 8.39. The Labute approximate surface area is 164 Å². The van der Waals surface area contributed by atoms with Gasteiger partial charge in [0, 0.05) is 6.54 Å². The summed E-state index contributed by atoms with van der Waals surface area (Å²) >= 11 is 0. The zero-order valence-electron chi connectivity index (χ0n) is 16.3. The molecule has 1 aromatic carbocycles. The van der Waals surface area contributed by atoms with Crippen molar-refractivity contribution in [2.24, 2.45) is 11.3 Å². The van der Waals surface area contributed by atoms with Gasteiger partial charge in [-0.05, 0) is 43.2 Å². The molecule has 1 aromatic heterocycles. The third kappa shape index (κ3) is 3.63. The lowest BCUT2D eigenvalue weighted by Crippen LogP contribution is -2.41. The Hall–Kier alpha value is -2.41. The maximum atomic E-state index is 13.4. The molecule has 0 bridgehead atoms. The van der Waals surface area contributed by atoms with Crippen molar-refractivity contribution in [1.29, 1.82) is 0 Å². The SMILES string of the molecule is CCCCC(CN(O)C=O)C(=O)N1CC2(CC2)C[C@H]1c1nc2ccccc2[nH]1. The lowest BCUT2D eigenvalue weighted by atomic mass is 9.99. The van der Waals surface area contributed by atoms with Gasteiger partial charge in [0.1, 0.15) is 5.82 Å². The molecule has 150 valence electrons. The molecule has 2 heterocycles. The van der Waals surface area contributed by atoms with Gasteiger partial charge in [-0.25, -0.2) is 10.0 Å². The molecule has 2 N–H and O–H groups in total. The number of imidazole rings is 1. The third-order valence-corrected chi connectivity index (χ3v) is 6.26. The fraction of sp³-hybridized carbons (Fsp3) is 0.571. The van der Waals surface area contributed by atoms with Crippen LogP contribution >= 0.6 is 0 Å². The number of carbonyl (C=O) groups excluding carboxylic acids is 2. The van der Waals surface area contributed by atoms with E-state index in [-0.39, 0.29) is 23.9 Å². The average Bonchev–Trinajstić information content (AvgIpc) is 3.15. The summed E-state index contributed by atoms with van der Waals surface area (Å²) in [5.74, 6) is 0.461. The lowest BCUT2D eigenvalue weighted by molar-refractivity contribution is -0.157. The van der Waals surface area contributed by atoms with E-state index in [1.807, 2.05) is 29.2 Å². The van der Waals surface area contributed by atoms with Crippen molar-refractivity contribution in [1.82, 2.24) is 19.9 Å². The van der Waals surface area contributed by atoms with Gasteiger partial charge < -0.3 is 9.88 Å². The van der Waals surface area contributed by atoms with Gasteiger partial charge in [0.15, 0.2) is 0 Å². The molecule has 1 saturated carbocycles. The number of unbranched alkanes of at least 4 members (excludes halogenated alkanes) is 1. The fourth-order valence-electron chi connectivity index (χ4n) is 4.45. The third-order valence-electron chi connectivity index (χ3n) is 6.26. The average molecular weight is 384 g/mol. The van der Waals surface area contributed by atoms with Crippen LogP contribution in [0.25, 0.3) is 11.0 Å². The number of hydrogen-bond acceptors (Lipinski definition) is 4. The Morgan fingerprint density at radius 3 is 2.93 bits per heavy atom. The molecule has 2 amide bonds. The van der Waals surface area contributed by atoms with Crippen molar-refractivity contribution < 1.29 is 14.8 Å². The van der Waals surface area contributed by atoms with Crippen LogP contribution in [0.15, 0.2) is 24.3 Å². The summed E-state index contributed by atoms with van der Waals surface area (Å²) in [5, 5.41) is 10.3. The van der Waals surface area contributed by atoms with Gasteiger partial charge in [-0.3, -0.25) is 14.8 Å². The molecule has 1 unspecified atom stereocenters. The standard InChI is InChI=1S/C21H28N4O3/c1-2-3-6-15(12-24(28)14-26)20(27)25-13-21(9-10-21)11-18(25)19-22-16-7-4-5-8-17(16)23-19/h4-5,7-8,14-15,18,28H,2-3,6,9-13H2,1H3,(H,22,23)/t15?,18-/m0/s1. The largest absolute Gasteiger partial charge is 0.340 e. The molecule has 28 heavy (non-hydrogen) atoms. The van der Waals surface area contributed by atoms with Crippen LogP contribution in [-0.4, -0.2) is 50.5 Å². The zero-order valence-corrected chi connectivity index (χ0v) is 16.3. The van der Waals surface area contributed by atoms with E-state index in [0.717, 1.165) is 55.5 Å². The number of benzene rings is 1. The minimum absolute atomic E-state index is 0.0172. The number of para-hydroxylation sites is 2. The van der Waals surface area contributed by atoms with E-state index in [0.29, 0.717) is 17.9 Å². The molecule has 4 rings (SSSR count). The summed E-state index contributed by atoms with van der Waals surface area (Å²) in [6.07, 6.45) is 6.10. The summed E-state index contributed by atoms with van der Waals surface area (Å²) in [5.41, 5.74) is 2.11. The molecule has 1 aliphatic carbocycles. The summed E-state index contributed by atoms with van der Waals surface area (Å²) in [6.45, 7) is 2.85. The normalized spacial score (nSPS) is 21.2. The van der Waals surface area contributed by atoms with Gasteiger partial charge >= 0.3 is 0 Å². The van der Waals surface area contributed by atoms with Crippen molar-refractivity contribution in [3.63, 3.8) is 0 Å². The number of carbonyl (C=O) groups is 2. The van der Waals surface area contributed by atoms with Crippen molar-refractivity contribution in [3.05, 3.63) is 30.1 Å². The maximum Gasteiger partial charge on any atom is 0.233 e. The molecule has 1 spiro atoms. The molecule has 1 saturated heterocycles. The predicted octanol–water partition coefficient (Wildman–Crippen LogP) is 3.27. The molecule has 1 aliphatic heterocycles. The summed E-state index contributed by atoms with van der Waals surface area (Å²) in [7, 11) is 0. The van der Waals surface area contributed by atoms with E-state index in [9.17, 15) is 14.8 Å². The highest BCUT2D eigenvalue weighted by Gasteiger charge is 2.54. The number of hydrogen-bond donors (Lipinski definition) is 2. The first-order chi connectivity index (χ1) is 13.5. The minimum atomic E-state index is -0.393. The van der Waals surface area contributed by atoms with Crippen LogP contribution in [0.4, 0.5) is 0 Å². The molecule has 2 aromatic rings. The fourth-order valence-corrected chi connectivity index (χ4v) is 4.45. The molecule has 2 fully saturated rings. The zero-order chi connectivity index (χ0) is 19.7. The molecule has 0 radical (unpaired) electrons. The van der Waals surface area contributed by atoms with Crippen LogP contribution in [0, 0.1) is 11.3 Å². The number of fused-ring (bicyclic) bond motifs is 1. The number of aromatic nitrogens is 2. The number of nitrogens with one attached hydrogen (secondary N) is 1. The molecule has 7 heteroatoms. The number of H-pyrrole nitrogens is 1. The van der Waals surface area contributed by atoms with Gasteiger partial charge in [-0.2, -0.15) is 0 Å². The van der Waals surface area contributed by atoms with Crippen LogP contribution in [0.5, 0.6) is 0 Å². The quantitative estimate of drug-likeness (QED) is 0.415. The highest BCUT2D eigenvalue weighted by Crippen LogP contribution is 2.58. The van der Waals surface area contributed by atoms with Crippen molar-refractivity contribution in [2.75, 3.05) is 13.1 Å². The van der Waals surface area contributed by atoms with Crippen LogP contribution in [-0.2, 0) is 9.59 Å². The number of nitrogens with zero attached hydrogens (tertiary/aromatic N) is 3. The Balaban J connectivity index is 1.60. The topological polar surface area (TPSA) is 89.5 Å². The van der Waals surface area contributed by atoms with Crippen LogP contribution < -0.4 is 0 Å². The Bertz CT molecular complexity index is 827. The maximum absolute atomic E-state index is 13.4. The summed E-state index contributed by atoms with van der Waals surface area (Å²) in [6, 6.07) is 7.83. The molecule has 2 aliphatic rings. The second kappa shape index (κ2) is 7.54. The highest BCUT2D eigenvalue weighted by atomic mass is 16.5. The predicted molar refractivity (Wildman–Crippen MR) is 104 cm³/mol. The van der Waals surface area contributed by atoms with Crippen molar-refractivity contribution in [3.8, 4) is 0 Å². The van der Waals surface area contributed by atoms with Gasteiger partial charge in [0.2, 0.25) is 12.3 Å².